The summed E-state index contributed by atoms with van der Waals surface area (Å²) in [5.74, 6) is 0.168. The molecule has 1 atom stereocenters. The molecule has 3 heteroatoms. The number of nitrogens with one attached hydrogen (secondary N) is 1. The molecule has 1 aliphatic heterocycles. The van der Waals surface area contributed by atoms with E-state index < -0.39 is 6.17 Å². The predicted molar refractivity (Wildman–Crippen MR) is 54.4 cm³/mol. The third kappa shape index (κ3) is 1.92. The molecule has 70 valence electrons. The van der Waals surface area contributed by atoms with Crippen molar-refractivity contribution in [3.05, 3.63) is 34.3 Å². The maximum absolute atomic E-state index is 13.7. The standard InChI is InChI=1S/C10H11BrFN/c11-9-3-1-7(2-4-9)10(12)8-5-13-6-8/h1-4,8,10,13H,5-6H2. The number of hydrogen-bond donors (Lipinski definition) is 1. The summed E-state index contributed by atoms with van der Waals surface area (Å²) in [7, 11) is 0. The Kier molecular flexibility index (Phi) is 2.65. The van der Waals surface area contributed by atoms with Crippen molar-refractivity contribution in [3.63, 3.8) is 0 Å². The van der Waals surface area contributed by atoms with Gasteiger partial charge in [0.05, 0.1) is 0 Å². The normalized spacial score (nSPS) is 19.5. The van der Waals surface area contributed by atoms with Crippen molar-refractivity contribution in [2.45, 2.75) is 6.17 Å². The summed E-state index contributed by atoms with van der Waals surface area (Å²) in [6, 6.07) is 7.45. The summed E-state index contributed by atoms with van der Waals surface area (Å²) < 4.78 is 14.7. The van der Waals surface area contributed by atoms with Crippen LogP contribution in [0.2, 0.25) is 0 Å². The van der Waals surface area contributed by atoms with E-state index in [4.69, 9.17) is 0 Å². The number of rotatable bonds is 2. The molecule has 13 heavy (non-hydrogen) atoms. The molecule has 2 rings (SSSR count). The molecule has 1 fully saturated rings. The van der Waals surface area contributed by atoms with E-state index in [2.05, 4.69) is 21.2 Å². The van der Waals surface area contributed by atoms with Crippen molar-refractivity contribution in [1.29, 1.82) is 0 Å². The first-order valence-electron chi connectivity index (χ1n) is 4.37. The third-order valence-corrected chi connectivity index (χ3v) is 2.94. The summed E-state index contributed by atoms with van der Waals surface area (Å²) in [6.07, 6.45) is -0.811. The van der Waals surface area contributed by atoms with Gasteiger partial charge in [-0.05, 0) is 17.7 Å². The van der Waals surface area contributed by atoms with E-state index in [1.54, 1.807) is 0 Å². The van der Waals surface area contributed by atoms with E-state index in [1.165, 1.54) is 0 Å². The van der Waals surface area contributed by atoms with Gasteiger partial charge in [-0.2, -0.15) is 0 Å². The molecule has 0 radical (unpaired) electrons. The summed E-state index contributed by atoms with van der Waals surface area (Å²) >= 11 is 3.33. The van der Waals surface area contributed by atoms with Gasteiger partial charge in [0.2, 0.25) is 0 Å². The lowest BCUT2D eigenvalue weighted by Crippen LogP contribution is -2.44. The molecule has 0 saturated carbocycles. The average molecular weight is 244 g/mol. The Balaban J connectivity index is 2.10. The Morgan fingerprint density at radius 2 is 1.92 bits per heavy atom. The summed E-state index contributed by atoms with van der Waals surface area (Å²) in [4.78, 5) is 0. The fraction of sp³-hybridized carbons (Fsp3) is 0.400. The van der Waals surface area contributed by atoms with Crippen LogP contribution < -0.4 is 5.32 Å². The van der Waals surface area contributed by atoms with Gasteiger partial charge in [-0.1, -0.05) is 28.1 Å². The van der Waals surface area contributed by atoms with Gasteiger partial charge in [0.15, 0.2) is 0 Å². The minimum absolute atomic E-state index is 0.168. The smallest absolute Gasteiger partial charge is 0.130 e. The van der Waals surface area contributed by atoms with Crippen molar-refractivity contribution < 1.29 is 4.39 Å². The van der Waals surface area contributed by atoms with Crippen LogP contribution in [0.4, 0.5) is 4.39 Å². The first-order chi connectivity index (χ1) is 6.27. The molecular weight excluding hydrogens is 233 g/mol. The molecule has 1 unspecified atom stereocenters. The minimum atomic E-state index is -0.811. The number of halogens is 2. The van der Waals surface area contributed by atoms with Crippen molar-refractivity contribution in [2.75, 3.05) is 13.1 Å². The highest BCUT2D eigenvalue weighted by atomic mass is 79.9. The molecule has 1 aromatic carbocycles. The van der Waals surface area contributed by atoms with Crippen LogP contribution in [0, 0.1) is 5.92 Å². The number of benzene rings is 1. The zero-order valence-electron chi connectivity index (χ0n) is 7.13. The molecule has 0 spiro atoms. The van der Waals surface area contributed by atoms with Gasteiger partial charge in [-0.15, -0.1) is 0 Å². The average Bonchev–Trinajstić information content (AvgIpc) is 2.02. The number of alkyl halides is 1. The lowest BCUT2D eigenvalue weighted by Gasteiger charge is -2.30. The van der Waals surface area contributed by atoms with E-state index in [0.29, 0.717) is 0 Å². The summed E-state index contributed by atoms with van der Waals surface area (Å²) in [6.45, 7) is 1.61. The van der Waals surface area contributed by atoms with Crippen LogP contribution in [-0.2, 0) is 0 Å². The molecule has 0 bridgehead atoms. The summed E-state index contributed by atoms with van der Waals surface area (Å²) in [5, 5.41) is 3.07. The molecule has 0 amide bonds. The zero-order valence-corrected chi connectivity index (χ0v) is 8.72. The van der Waals surface area contributed by atoms with Crippen LogP contribution in [0.25, 0.3) is 0 Å². The van der Waals surface area contributed by atoms with E-state index >= 15 is 0 Å². The first-order valence-corrected chi connectivity index (χ1v) is 5.17. The van der Waals surface area contributed by atoms with Gasteiger partial charge in [0.25, 0.3) is 0 Å². The topological polar surface area (TPSA) is 12.0 Å². The van der Waals surface area contributed by atoms with E-state index in [1.807, 2.05) is 24.3 Å². The highest BCUT2D eigenvalue weighted by Gasteiger charge is 2.27. The fourth-order valence-electron chi connectivity index (χ4n) is 1.44. The van der Waals surface area contributed by atoms with E-state index in [-0.39, 0.29) is 5.92 Å². The molecule has 0 aromatic heterocycles. The van der Waals surface area contributed by atoms with Gasteiger partial charge in [0.1, 0.15) is 6.17 Å². The minimum Gasteiger partial charge on any atom is -0.316 e. The SMILES string of the molecule is FC(c1ccc(Br)cc1)C1CNC1. The van der Waals surface area contributed by atoms with E-state index in [9.17, 15) is 4.39 Å². The first kappa shape index (κ1) is 9.16. The van der Waals surface area contributed by atoms with Gasteiger partial charge in [0, 0.05) is 23.5 Å². The zero-order chi connectivity index (χ0) is 9.26. The van der Waals surface area contributed by atoms with Crippen LogP contribution in [0.3, 0.4) is 0 Å². The van der Waals surface area contributed by atoms with Gasteiger partial charge in [-0.3, -0.25) is 0 Å². The maximum Gasteiger partial charge on any atom is 0.130 e. The Labute approximate surface area is 85.5 Å². The van der Waals surface area contributed by atoms with Crippen molar-refractivity contribution >= 4 is 15.9 Å². The molecule has 1 nitrogen and oxygen atoms in total. The van der Waals surface area contributed by atoms with Crippen LogP contribution >= 0.6 is 15.9 Å². The van der Waals surface area contributed by atoms with Crippen LogP contribution in [0.5, 0.6) is 0 Å². The Hall–Kier alpha value is -0.410. The monoisotopic (exact) mass is 243 g/mol. The van der Waals surface area contributed by atoms with Crippen molar-refractivity contribution in [3.8, 4) is 0 Å². The predicted octanol–water partition coefficient (Wildman–Crippen LogP) is 2.68. The van der Waals surface area contributed by atoms with Gasteiger partial charge in [-0.25, -0.2) is 4.39 Å². The van der Waals surface area contributed by atoms with Crippen LogP contribution in [-0.4, -0.2) is 13.1 Å². The Morgan fingerprint density at radius 1 is 1.31 bits per heavy atom. The largest absolute Gasteiger partial charge is 0.316 e. The second-order valence-electron chi connectivity index (χ2n) is 3.37. The molecule has 1 aliphatic rings. The molecule has 1 heterocycles. The number of hydrogen-bond acceptors (Lipinski definition) is 1. The maximum atomic E-state index is 13.7. The fourth-order valence-corrected chi connectivity index (χ4v) is 1.70. The van der Waals surface area contributed by atoms with Crippen molar-refractivity contribution in [1.82, 2.24) is 5.32 Å². The lowest BCUT2D eigenvalue weighted by molar-refractivity contribution is 0.171. The molecular formula is C10H11BrFN. The second-order valence-corrected chi connectivity index (χ2v) is 4.29. The highest BCUT2D eigenvalue weighted by Crippen LogP contribution is 2.29. The quantitative estimate of drug-likeness (QED) is 0.843. The molecule has 0 aliphatic carbocycles. The molecule has 1 N–H and O–H groups in total. The van der Waals surface area contributed by atoms with Gasteiger partial charge >= 0.3 is 0 Å². The second kappa shape index (κ2) is 3.76. The summed E-state index contributed by atoms with van der Waals surface area (Å²) in [5.41, 5.74) is 0.787. The van der Waals surface area contributed by atoms with Gasteiger partial charge < -0.3 is 5.32 Å². The van der Waals surface area contributed by atoms with Crippen molar-refractivity contribution in [2.24, 2.45) is 5.92 Å². The Morgan fingerprint density at radius 3 is 2.38 bits per heavy atom. The van der Waals surface area contributed by atoms with E-state index in [0.717, 1.165) is 23.1 Å². The highest BCUT2D eigenvalue weighted by molar-refractivity contribution is 9.10. The Bertz CT molecular complexity index is 281. The van der Waals surface area contributed by atoms with Crippen LogP contribution in [0.1, 0.15) is 11.7 Å². The lowest BCUT2D eigenvalue weighted by atomic mass is 9.92. The van der Waals surface area contributed by atoms with Crippen LogP contribution in [0.15, 0.2) is 28.7 Å². The molecule has 1 saturated heterocycles. The third-order valence-electron chi connectivity index (χ3n) is 2.42. The molecule has 1 aromatic rings.